The number of rotatable bonds is 8. The van der Waals surface area contributed by atoms with Crippen molar-refractivity contribution in [3.8, 4) is 5.75 Å². The number of amides is 1. The molecule has 1 aliphatic heterocycles. The van der Waals surface area contributed by atoms with Crippen molar-refractivity contribution in [2.24, 2.45) is 5.10 Å². The lowest BCUT2D eigenvalue weighted by atomic mass is 10.2. The number of carboxylic acids is 1. The maximum atomic E-state index is 12.9. The molecule has 2 aromatic carbocycles. The van der Waals surface area contributed by atoms with Crippen LogP contribution in [0.5, 0.6) is 5.75 Å². The van der Waals surface area contributed by atoms with E-state index in [0.717, 1.165) is 0 Å². The highest BCUT2D eigenvalue weighted by atomic mass is 35.5. The van der Waals surface area contributed by atoms with Crippen LogP contribution in [0, 0.1) is 0 Å². The van der Waals surface area contributed by atoms with Gasteiger partial charge in [0.15, 0.2) is 6.61 Å². The predicted molar refractivity (Wildman–Crippen MR) is 114 cm³/mol. The van der Waals surface area contributed by atoms with E-state index >= 15 is 0 Å². The van der Waals surface area contributed by atoms with E-state index in [9.17, 15) is 18.0 Å². The van der Waals surface area contributed by atoms with Crippen LogP contribution in [-0.4, -0.2) is 55.1 Å². The molecule has 0 aliphatic carbocycles. The summed E-state index contributed by atoms with van der Waals surface area (Å²) in [6.45, 7) is -0.243. The number of hydrazone groups is 1. The first-order valence-electron chi connectivity index (χ1n) is 9.32. The zero-order valence-electron chi connectivity index (χ0n) is 16.3. The Morgan fingerprint density at radius 3 is 2.71 bits per heavy atom. The summed E-state index contributed by atoms with van der Waals surface area (Å²) >= 11 is 5.83. The highest BCUT2D eigenvalue weighted by molar-refractivity contribution is 7.89. The van der Waals surface area contributed by atoms with Gasteiger partial charge in [0, 0.05) is 11.6 Å². The van der Waals surface area contributed by atoms with Crippen LogP contribution in [0.1, 0.15) is 18.4 Å². The molecule has 11 heteroatoms. The monoisotopic (exact) mass is 465 g/mol. The van der Waals surface area contributed by atoms with E-state index < -0.39 is 34.5 Å². The SMILES string of the molecule is O=C(O)COc1cccc(/C=N\NC(=O)[C@@H]2CCCN2S(=O)(=O)c2ccc(Cl)cc2)c1. The molecule has 3 rings (SSSR count). The van der Waals surface area contributed by atoms with Gasteiger partial charge in [-0.15, -0.1) is 0 Å². The fourth-order valence-electron chi connectivity index (χ4n) is 3.11. The number of hydrogen-bond donors (Lipinski definition) is 2. The standard InChI is InChI=1S/C20H20ClN3O6S/c21-15-6-8-17(9-7-15)31(28,29)24-10-2-5-18(24)20(27)23-22-12-14-3-1-4-16(11-14)30-13-19(25)26/h1,3-4,6-9,11-12,18H,2,5,10,13H2,(H,23,27)(H,25,26)/b22-12-/t18-/m0/s1. The van der Waals surface area contributed by atoms with Crippen LogP contribution >= 0.6 is 11.6 Å². The summed E-state index contributed by atoms with van der Waals surface area (Å²) in [5.74, 6) is -1.29. The first kappa shape index (κ1) is 22.7. The molecule has 1 saturated heterocycles. The van der Waals surface area contributed by atoms with Crippen LogP contribution in [0.4, 0.5) is 0 Å². The molecule has 1 amide bonds. The minimum absolute atomic E-state index is 0.0678. The van der Waals surface area contributed by atoms with E-state index in [0.29, 0.717) is 29.2 Å². The van der Waals surface area contributed by atoms with Gasteiger partial charge in [-0.05, 0) is 54.8 Å². The van der Waals surface area contributed by atoms with Gasteiger partial charge >= 0.3 is 5.97 Å². The van der Waals surface area contributed by atoms with Crippen molar-refractivity contribution in [2.45, 2.75) is 23.8 Å². The van der Waals surface area contributed by atoms with Crippen molar-refractivity contribution in [3.63, 3.8) is 0 Å². The lowest BCUT2D eigenvalue weighted by molar-refractivity contribution is -0.139. The van der Waals surface area contributed by atoms with Crippen molar-refractivity contribution in [3.05, 3.63) is 59.1 Å². The average molecular weight is 466 g/mol. The molecular weight excluding hydrogens is 446 g/mol. The Morgan fingerprint density at radius 1 is 1.26 bits per heavy atom. The van der Waals surface area contributed by atoms with Crippen molar-refractivity contribution >= 4 is 39.7 Å². The van der Waals surface area contributed by atoms with Crippen LogP contribution in [0.3, 0.4) is 0 Å². The number of aliphatic carboxylic acids is 1. The van der Waals surface area contributed by atoms with E-state index in [2.05, 4.69) is 10.5 Å². The molecule has 0 radical (unpaired) electrons. The molecule has 1 heterocycles. The number of ether oxygens (including phenoxy) is 1. The van der Waals surface area contributed by atoms with Crippen LogP contribution in [-0.2, 0) is 19.6 Å². The Morgan fingerprint density at radius 2 is 2.00 bits per heavy atom. The van der Waals surface area contributed by atoms with Gasteiger partial charge in [-0.3, -0.25) is 4.79 Å². The topological polar surface area (TPSA) is 125 Å². The molecule has 0 saturated carbocycles. The fraction of sp³-hybridized carbons (Fsp3) is 0.250. The second-order valence-corrected chi connectivity index (χ2v) is 9.04. The van der Waals surface area contributed by atoms with E-state index in [1.807, 2.05) is 0 Å². The van der Waals surface area contributed by atoms with Gasteiger partial charge in [-0.25, -0.2) is 18.6 Å². The number of nitrogens with one attached hydrogen (secondary N) is 1. The maximum Gasteiger partial charge on any atom is 0.341 e. The molecule has 9 nitrogen and oxygen atoms in total. The molecular formula is C20H20ClN3O6S. The number of carbonyl (C=O) groups excluding carboxylic acids is 1. The molecule has 1 atom stereocenters. The Balaban J connectivity index is 1.65. The third kappa shape index (κ3) is 5.81. The van der Waals surface area contributed by atoms with Gasteiger partial charge in [0.05, 0.1) is 11.1 Å². The Kier molecular flexibility index (Phi) is 7.26. The Labute approximate surface area is 184 Å². The quantitative estimate of drug-likeness (QED) is 0.454. The summed E-state index contributed by atoms with van der Waals surface area (Å²) in [5.41, 5.74) is 2.94. The van der Waals surface area contributed by atoms with Gasteiger partial charge < -0.3 is 9.84 Å². The number of benzene rings is 2. The Bertz CT molecular complexity index is 1090. The summed E-state index contributed by atoms with van der Waals surface area (Å²) in [7, 11) is -3.85. The van der Waals surface area contributed by atoms with Crippen molar-refractivity contribution in [1.82, 2.24) is 9.73 Å². The molecule has 164 valence electrons. The molecule has 2 aromatic rings. The lowest BCUT2D eigenvalue weighted by Gasteiger charge is -2.22. The van der Waals surface area contributed by atoms with Gasteiger partial charge in [0.1, 0.15) is 11.8 Å². The molecule has 0 unspecified atom stereocenters. The number of carboxylic acid groups (broad SMARTS) is 1. The minimum Gasteiger partial charge on any atom is -0.482 e. The number of carbonyl (C=O) groups is 2. The van der Waals surface area contributed by atoms with Gasteiger partial charge in [-0.2, -0.15) is 9.41 Å². The molecule has 1 fully saturated rings. The van der Waals surface area contributed by atoms with Crippen molar-refractivity contribution in [2.75, 3.05) is 13.2 Å². The lowest BCUT2D eigenvalue weighted by Crippen LogP contribution is -2.44. The highest BCUT2D eigenvalue weighted by Crippen LogP contribution is 2.27. The third-order valence-electron chi connectivity index (χ3n) is 4.54. The van der Waals surface area contributed by atoms with Crippen molar-refractivity contribution < 1.29 is 27.9 Å². The highest BCUT2D eigenvalue weighted by Gasteiger charge is 2.39. The normalized spacial score (nSPS) is 17.0. The third-order valence-corrected chi connectivity index (χ3v) is 6.71. The summed E-state index contributed by atoms with van der Waals surface area (Å²) in [5, 5.41) is 13.0. The first-order valence-corrected chi connectivity index (χ1v) is 11.1. The molecule has 0 aromatic heterocycles. The molecule has 2 N–H and O–H groups in total. The van der Waals surface area contributed by atoms with Gasteiger partial charge in [0.25, 0.3) is 5.91 Å². The molecule has 1 aliphatic rings. The average Bonchev–Trinajstić information content (AvgIpc) is 3.24. The van der Waals surface area contributed by atoms with E-state index in [4.69, 9.17) is 21.4 Å². The predicted octanol–water partition coefficient (Wildman–Crippen LogP) is 2.11. The summed E-state index contributed by atoms with van der Waals surface area (Å²) in [6, 6.07) is 11.4. The first-order chi connectivity index (χ1) is 14.8. The second-order valence-electron chi connectivity index (χ2n) is 6.72. The smallest absolute Gasteiger partial charge is 0.341 e. The minimum atomic E-state index is -3.85. The van der Waals surface area contributed by atoms with E-state index in [1.54, 1.807) is 24.3 Å². The summed E-state index contributed by atoms with van der Waals surface area (Å²) < 4.78 is 32.1. The summed E-state index contributed by atoms with van der Waals surface area (Å²) in [6.07, 6.45) is 2.29. The fourth-order valence-corrected chi connectivity index (χ4v) is 4.89. The maximum absolute atomic E-state index is 12.9. The zero-order valence-corrected chi connectivity index (χ0v) is 17.8. The second kappa shape index (κ2) is 9.90. The number of halogens is 1. The Hall–Kier alpha value is -2.95. The molecule has 0 spiro atoms. The number of hydrogen-bond acceptors (Lipinski definition) is 6. The van der Waals surface area contributed by atoms with Crippen LogP contribution in [0.25, 0.3) is 0 Å². The molecule has 0 bridgehead atoms. The summed E-state index contributed by atoms with van der Waals surface area (Å²) in [4.78, 5) is 23.2. The number of nitrogens with zero attached hydrogens (tertiary/aromatic N) is 2. The van der Waals surface area contributed by atoms with Crippen LogP contribution in [0.15, 0.2) is 58.5 Å². The van der Waals surface area contributed by atoms with E-state index in [-0.39, 0.29) is 11.4 Å². The largest absolute Gasteiger partial charge is 0.482 e. The van der Waals surface area contributed by atoms with E-state index in [1.165, 1.54) is 34.8 Å². The zero-order chi connectivity index (χ0) is 22.4. The van der Waals surface area contributed by atoms with Crippen molar-refractivity contribution in [1.29, 1.82) is 0 Å². The van der Waals surface area contributed by atoms with Gasteiger partial charge in [0.2, 0.25) is 10.0 Å². The van der Waals surface area contributed by atoms with Crippen LogP contribution in [0.2, 0.25) is 5.02 Å². The van der Waals surface area contributed by atoms with Crippen LogP contribution < -0.4 is 10.2 Å². The number of sulfonamides is 1. The molecule has 31 heavy (non-hydrogen) atoms. The van der Waals surface area contributed by atoms with Gasteiger partial charge in [-0.1, -0.05) is 23.7 Å².